The van der Waals surface area contributed by atoms with E-state index in [0.29, 0.717) is 12.2 Å². The van der Waals surface area contributed by atoms with E-state index >= 15 is 8.78 Å². The first kappa shape index (κ1) is 21.7. The van der Waals surface area contributed by atoms with Gasteiger partial charge in [-0.2, -0.15) is 8.78 Å². The number of ether oxygens (including phenoxy) is 2. The summed E-state index contributed by atoms with van der Waals surface area (Å²) in [7, 11) is 1.47. The molecule has 30 heavy (non-hydrogen) atoms. The van der Waals surface area contributed by atoms with Gasteiger partial charge in [-0.1, -0.05) is 60.7 Å². The molecule has 0 aliphatic rings. The molecule has 3 nitrogen and oxygen atoms in total. The van der Waals surface area contributed by atoms with Gasteiger partial charge < -0.3 is 9.47 Å². The van der Waals surface area contributed by atoms with Crippen LogP contribution in [0.1, 0.15) is 34.5 Å². The van der Waals surface area contributed by atoms with Crippen LogP contribution in [-0.2, 0) is 11.2 Å². The predicted octanol–water partition coefficient (Wildman–Crippen LogP) is 5.90. The van der Waals surface area contributed by atoms with Crippen LogP contribution < -0.4 is 4.74 Å². The number of Topliss-reactive ketones (excluding diaryl/α,β-unsaturated/α-hetero) is 1. The van der Waals surface area contributed by atoms with E-state index in [-0.39, 0.29) is 11.1 Å². The Labute approximate surface area is 175 Å². The summed E-state index contributed by atoms with van der Waals surface area (Å²) in [5, 5.41) is 0. The largest absolute Gasteiger partial charge is 0.497 e. The van der Waals surface area contributed by atoms with Crippen molar-refractivity contribution < 1.29 is 23.0 Å². The SMILES string of the molecule is COc1ccc(C(=O)C(F)(F)[C@H](O[C@H](C)Cc2ccccc2)c2ccccc2)cc1. The van der Waals surface area contributed by atoms with Crippen LogP contribution in [0.25, 0.3) is 0 Å². The van der Waals surface area contributed by atoms with Gasteiger partial charge in [0.05, 0.1) is 13.2 Å². The highest BCUT2D eigenvalue weighted by Crippen LogP contribution is 2.38. The Hall–Kier alpha value is -3.05. The Kier molecular flexibility index (Phi) is 6.95. The molecule has 156 valence electrons. The predicted molar refractivity (Wildman–Crippen MR) is 112 cm³/mol. The van der Waals surface area contributed by atoms with Crippen LogP contribution in [0.2, 0.25) is 0 Å². The molecule has 0 aliphatic heterocycles. The quantitative estimate of drug-likeness (QED) is 0.412. The Morgan fingerprint density at radius 2 is 1.47 bits per heavy atom. The first-order valence-corrected chi connectivity index (χ1v) is 9.73. The zero-order valence-electron chi connectivity index (χ0n) is 16.9. The van der Waals surface area contributed by atoms with E-state index in [4.69, 9.17) is 9.47 Å². The lowest BCUT2D eigenvalue weighted by Crippen LogP contribution is -2.39. The summed E-state index contributed by atoms with van der Waals surface area (Å²) in [6.07, 6.45) is -1.77. The highest BCUT2D eigenvalue weighted by atomic mass is 19.3. The van der Waals surface area contributed by atoms with E-state index < -0.39 is 23.9 Å². The second kappa shape index (κ2) is 9.63. The molecule has 0 aliphatic carbocycles. The molecule has 0 spiro atoms. The monoisotopic (exact) mass is 410 g/mol. The van der Waals surface area contributed by atoms with Gasteiger partial charge in [0.15, 0.2) is 6.10 Å². The second-order valence-corrected chi connectivity index (χ2v) is 7.11. The van der Waals surface area contributed by atoms with Crippen LogP contribution in [0.15, 0.2) is 84.9 Å². The van der Waals surface area contributed by atoms with Gasteiger partial charge >= 0.3 is 5.92 Å². The van der Waals surface area contributed by atoms with E-state index in [0.717, 1.165) is 5.56 Å². The van der Waals surface area contributed by atoms with Gasteiger partial charge in [0.1, 0.15) is 5.75 Å². The number of halogens is 2. The summed E-state index contributed by atoms with van der Waals surface area (Å²) >= 11 is 0. The molecule has 0 aromatic heterocycles. The molecule has 0 N–H and O–H groups in total. The summed E-state index contributed by atoms with van der Waals surface area (Å²) in [4.78, 5) is 12.7. The average molecular weight is 410 g/mol. The molecular formula is C25H24F2O3. The van der Waals surface area contributed by atoms with Crippen LogP contribution in [-0.4, -0.2) is 24.9 Å². The zero-order chi connectivity index (χ0) is 21.6. The maximum atomic E-state index is 15.4. The number of rotatable bonds is 9. The molecule has 0 radical (unpaired) electrons. The van der Waals surface area contributed by atoms with Crippen molar-refractivity contribution in [1.29, 1.82) is 0 Å². The van der Waals surface area contributed by atoms with Crippen molar-refractivity contribution in [2.75, 3.05) is 7.11 Å². The van der Waals surface area contributed by atoms with Gasteiger partial charge in [-0.15, -0.1) is 0 Å². The van der Waals surface area contributed by atoms with Crippen molar-refractivity contribution in [1.82, 2.24) is 0 Å². The lowest BCUT2D eigenvalue weighted by molar-refractivity contribution is -0.133. The molecular weight excluding hydrogens is 386 g/mol. The first-order valence-electron chi connectivity index (χ1n) is 9.73. The number of alkyl halides is 2. The molecule has 0 amide bonds. The first-order chi connectivity index (χ1) is 14.4. The molecule has 0 unspecified atom stereocenters. The highest BCUT2D eigenvalue weighted by Gasteiger charge is 2.49. The number of hydrogen-bond donors (Lipinski definition) is 0. The van der Waals surface area contributed by atoms with E-state index in [1.54, 1.807) is 37.3 Å². The minimum Gasteiger partial charge on any atom is -0.497 e. The number of ketones is 1. The van der Waals surface area contributed by atoms with E-state index in [1.807, 2.05) is 30.3 Å². The number of methoxy groups -OCH3 is 1. The van der Waals surface area contributed by atoms with E-state index in [2.05, 4.69) is 0 Å². The van der Waals surface area contributed by atoms with Crippen LogP contribution >= 0.6 is 0 Å². The molecule has 0 saturated heterocycles. The van der Waals surface area contributed by atoms with Crippen molar-refractivity contribution in [2.45, 2.75) is 31.5 Å². The molecule has 2 atom stereocenters. The number of hydrogen-bond acceptors (Lipinski definition) is 3. The minimum absolute atomic E-state index is 0.0963. The lowest BCUT2D eigenvalue weighted by atomic mass is 9.95. The normalized spacial score (nSPS) is 13.5. The van der Waals surface area contributed by atoms with Crippen molar-refractivity contribution in [2.24, 2.45) is 0 Å². The summed E-state index contributed by atoms with van der Waals surface area (Å²) in [6.45, 7) is 1.73. The smallest absolute Gasteiger partial charge is 0.339 e. The van der Waals surface area contributed by atoms with E-state index in [9.17, 15) is 4.79 Å². The van der Waals surface area contributed by atoms with E-state index in [1.165, 1.54) is 31.4 Å². The van der Waals surface area contributed by atoms with Gasteiger partial charge in [0, 0.05) is 5.56 Å². The van der Waals surface area contributed by atoms with Crippen molar-refractivity contribution in [3.05, 3.63) is 102 Å². The summed E-state index contributed by atoms with van der Waals surface area (Å²) in [5.74, 6) is -4.55. The van der Waals surface area contributed by atoms with Crippen molar-refractivity contribution in [3.8, 4) is 5.75 Å². The molecule has 5 heteroatoms. The zero-order valence-corrected chi connectivity index (χ0v) is 16.9. The van der Waals surface area contributed by atoms with Gasteiger partial charge in [-0.25, -0.2) is 0 Å². The summed E-state index contributed by atoms with van der Waals surface area (Å²) < 4.78 is 41.7. The van der Waals surface area contributed by atoms with Gasteiger partial charge in [-0.3, -0.25) is 4.79 Å². The van der Waals surface area contributed by atoms with Gasteiger partial charge in [0.2, 0.25) is 5.78 Å². The van der Waals surface area contributed by atoms with Crippen LogP contribution in [0.5, 0.6) is 5.75 Å². The molecule has 3 aromatic carbocycles. The Balaban J connectivity index is 1.87. The maximum absolute atomic E-state index is 15.4. The van der Waals surface area contributed by atoms with Crippen LogP contribution in [0.4, 0.5) is 8.78 Å². The second-order valence-electron chi connectivity index (χ2n) is 7.11. The Morgan fingerprint density at radius 1 is 0.900 bits per heavy atom. The Morgan fingerprint density at radius 3 is 2.03 bits per heavy atom. The van der Waals surface area contributed by atoms with Crippen molar-refractivity contribution in [3.63, 3.8) is 0 Å². The average Bonchev–Trinajstić information content (AvgIpc) is 2.78. The Bertz CT molecular complexity index is 941. The third kappa shape index (κ3) is 5.10. The molecule has 3 aromatic rings. The fourth-order valence-electron chi connectivity index (χ4n) is 3.28. The molecule has 0 bridgehead atoms. The number of carbonyl (C=O) groups excluding carboxylic acids is 1. The fourth-order valence-corrected chi connectivity index (χ4v) is 3.28. The fraction of sp³-hybridized carbons (Fsp3) is 0.240. The summed E-state index contributed by atoms with van der Waals surface area (Å²) in [6, 6.07) is 23.3. The lowest BCUT2D eigenvalue weighted by Gasteiger charge is -2.29. The topological polar surface area (TPSA) is 35.5 Å². The minimum atomic E-state index is -3.75. The third-order valence-electron chi connectivity index (χ3n) is 4.82. The number of carbonyl (C=O) groups is 1. The van der Waals surface area contributed by atoms with Crippen LogP contribution in [0.3, 0.4) is 0 Å². The highest BCUT2D eigenvalue weighted by molar-refractivity contribution is 6.02. The molecule has 3 rings (SSSR count). The molecule has 0 saturated carbocycles. The molecule has 0 fully saturated rings. The van der Waals surface area contributed by atoms with Crippen LogP contribution in [0, 0.1) is 0 Å². The summed E-state index contributed by atoms with van der Waals surface area (Å²) in [5.41, 5.74) is 1.13. The number of benzene rings is 3. The van der Waals surface area contributed by atoms with Gasteiger partial charge in [0.25, 0.3) is 0 Å². The maximum Gasteiger partial charge on any atom is 0.339 e. The standard InChI is InChI=1S/C25H24F2O3/c1-18(17-19-9-5-3-6-10-19)30-24(21-11-7-4-8-12-21)25(26,27)23(28)20-13-15-22(29-2)16-14-20/h3-16,18,24H,17H2,1-2H3/t18-,24-/m1/s1. The third-order valence-corrected chi connectivity index (χ3v) is 4.82. The van der Waals surface area contributed by atoms with Crippen molar-refractivity contribution >= 4 is 5.78 Å². The van der Waals surface area contributed by atoms with Gasteiger partial charge in [-0.05, 0) is 48.7 Å². The molecule has 0 heterocycles.